The lowest BCUT2D eigenvalue weighted by molar-refractivity contribution is -0.120. The van der Waals surface area contributed by atoms with Crippen LogP contribution in [0.2, 0.25) is 0 Å². The molecule has 2 aromatic carbocycles. The number of morpholine rings is 1. The molecule has 0 radical (unpaired) electrons. The maximum Gasteiger partial charge on any atom is 0.219 e. The van der Waals surface area contributed by atoms with E-state index in [1.54, 1.807) is 13.3 Å². The van der Waals surface area contributed by atoms with Gasteiger partial charge in [0.15, 0.2) is 0 Å². The van der Waals surface area contributed by atoms with E-state index in [2.05, 4.69) is 34.5 Å². The molecule has 6 nitrogen and oxygen atoms in total. The number of amides is 1. The molecule has 3 aromatic rings. The van der Waals surface area contributed by atoms with E-state index in [4.69, 9.17) is 9.15 Å². The zero-order valence-electron chi connectivity index (χ0n) is 17.4. The van der Waals surface area contributed by atoms with Gasteiger partial charge in [-0.05, 0) is 35.2 Å². The second-order valence-electron chi connectivity index (χ2n) is 7.84. The largest absolute Gasteiger partial charge is 0.464 e. The van der Waals surface area contributed by atoms with E-state index < -0.39 is 0 Å². The Kier molecular flexibility index (Phi) is 6.45. The zero-order valence-corrected chi connectivity index (χ0v) is 17.4. The Bertz CT molecular complexity index is 1040. The molecule has 2 heterocycles. The van der Waals surface area contributed by atoms with Crippen molar-refractivity contribution >= 4 is 33.9 Å². The molecule has 1 aliphatic rings. The monoisotopic (exact) mass is 408 g/mol. The first-order valence-electron chi connectivity index (χ1n) is 10.6. The number of benzene rings is 2. The van der Waals surface area contributed by atoms with E-state index in [0.717, 1.165) is 72.9 Å². The molecule has 1 amide bonds. The number of carbonyl (C=O) groups is 2. The SMILES string of the molecule is CNC(=O)CCC(C=O)c1coc2ccc3cc(CCN4CCOCC4)ccc3c12. The summed E-state index contributed by atoms with van der Waals surface area (Å²) < 4.78 is 11.2. The van der Waals surface area contributed by atoms with Crippen LogP contribution in [0.25, 0.3) is 21.7 Å². The van der Waals surface area contributed by atoms with E-state index >= 15 is 0 Å². The summed E-state index contributed by atoms with van der Waals surface area (Å²) in [5.41, 5.74) is 2.92. The van der Waals surface area contributed by atoms with Crippen molar-refractivity contribution in [1.82, 2.24) is 10.2 Å². The Balaban J connectivity index is 1.59. The molecule has 0 bridgehead atoms. The van der Waals surface area contributed by atoms with Crippen LogP contribution in [-0.2, 0) is 20.7 Å². The predicted octanol–water partition coefficient (Wildman–Crippen LogP) is 3.27. The first-order chi connectivity index (χ1) is 14.7. The Labute approximate surface area is 176 Å². The second-order valence-corrected chi connectivity index (χ2v) is 7.84. The van der Waals surface area contributed by atoms with E-state index in [1.807, 2.05) is 6.07 Å². The molecule has 0 aliphatic carbocycles. The maximum atomic E-state index is 11.8. The molecule has 30 heavy (non-hydrogen) atoms. The summed E-state index contributed by atoms with van der Waals surface area (Å²) in [6.45, 7) is 4.65. The summed E-state index contributed by atoms with van der Waals surface area (Å²) in [5.74, 6) is -0.431. The normalized spacial score (nSPS) is 16.0. The molecule has 4 rings (SSSR count). The average Bonchev–Trinajstić information content (AvgIpc) is 3.23. The van der Waals surface area contributed by atoms with Crippen LogP contribution in [0.15, 0.2) is 41.0 Å². The summed E-state index contributed by atoms with van der Waals surface area (Å²) in [6.07, 6.45) is 4.35. The van der Waals surface area contributed by atoms with Crippen molar-refractivity contribution in [2.24, 2.45) is 0 Å². The van der Waals surface area contributed by atoms with Crippen molar-refractivity contribution < 1.29 is 18.7 Å². The highest BCUT2D eigenvalue weighted by atomic mass is 16.5. The number of carbonyl (C=O) groups excluding carboxylic acids is 2. The number of rotatable bonds is 8. The summed E-state index contributed by atoms with van der Waals surface area (Å²) in [6, 6.07) is 10.6. The highest BCUT2D eigenvalue weighted by Crippen LogP contribution is 2.35. The third-order valence-corrected chi connectivity index (χ3v) is 5.99. The number of nitrogens with one attached hydrogen (secondary N) is 1. The van der Waals surface area contributed by atoms with Crippen LogP contribution in [0, 0.1) is 0 Å². The first-order valence-corrected chi connectivity index (χ1v) is 10.6. The minimum atomic E-state index is -0.366. The van der Waals surface area contributed by atoms with Gasteiger partial charge in [-0.2, -0.15) is 0 Å². The minimum Gasteiger partial charge on any atom is -0.464 e. The molecular formula is C24H28N2O4. The maximum absolute atomic E-state index is 11.8. The van der Waals surface area contributed by atoms with Crippen LogP contribution in [0.4, 0.5) is 0 Å². The highest BCUT2D eigenvalue weighted by Gasteiger charge is 2.20. The fourth-order valence-electron chi connectivity index (χ4n) is 4.19. The molecule has 158 valence electrons. The van der Waals surface area contributed by atoms with Crippen LogP contribution in [-0.4, -0.2) is 57.0 Å². The van der Waals surface area contributed by atoms with Gasteiger partial charge in [0.05, 0.1) is 19.5 Å². The van der Waals surface area contributed by atoms with Gasteiger partial charge in [0.2, 0.25) is 5.91 Å². The molecule has 1 saturated heterocycles. The van der Waals surface area contributed by atoms with Gasteiger partial charge in [-0.1, -0.05) is 24.3 Å². The molecule has 0 saturated carbocycles. The van der Waals surface area contributed by atoms with Crippen LogP contribution < -0.4 is 5.32 Å². The molecule has 0 spiro atoms. The molecule has 1 aromatic heterocycles. The van der Waals surface area contributed by atoms with Gasteiger partial charge >= 0.3 is 0 Å². The van der Waals surface area contributed by atoms with Crippen LogP contribution in [0.3, 0.4) is 0 Å². The molecule has 1 N–H and O–H groups in total. The van der Waals surface area contributed by atoms with Crippen molar-refractivity contribution in [3.8, 4) is 0 Å². The van der Waals surface area contributed by atoms with Crippen molar-refractivity contribution in [2.75, 3.05) is 39.9 Å². The molecule has 1 fully saturated rings. The van der Waals surface area contributed by atoms with Gasteiger partial charge in [0.1, 0.15) is 11.9 Å². The third kappa shape index (κ3) is 4.40. The van der Waals surface area contributed by atoms with Crippen LogP contribution in [0.5, 0.6) is 0 Å². The lowest BCUT2D eigenvalue weighted by Crippen LogP contribution is -2.37. The Hall–Kier alpha value is -2.70. The van der Waals surface area contributed by atoms with Crippen LogP contribution >= 0.6 is 0 Å². The second kappa shape index (κ2) is 9.41. The van der Waals surface area contributed by atoms with E-state index in [9.17, 15) is 9.59 Å². The molecule has 1 aliphatic heterocycles. The van der Waals surface area contributed by atoms with Crippen molar-refractivity contribution in [3.05, 3.63) is 47.7 Å². The van der Waals surface area contributed by atoms with Gasteiger partial charge in [-0.25, -0.2) is 0 Å². The molecular weight excluding hydrogens is 380 g/mol. The average molecular weight is 408 g/mol. The standard InChI is InChI=1S/C24H28N2O4/c1-25-23(28)7-4-19(15-27)21-16-30-22-6-3-18-14-17(2-5-20(18)24(21)22)8-9-26-10-12-29-13-11-26/h2-3,5-6,14-16,19H,4,7-13H2,1H3,(H,25,28). The van der Waals surface area contributed by atoms with Gasteiger partial charge in [0, 0.05) is 50.0 Å². The van der Waals surface area contributed by atoms with Crippen molar-refractivity contribution in [1.29, 1.82) is 0 Å². The van der Waals surface area contributed by atoms with E-state index in [-0.39, 0.29) is 11.8 Å². The van der Waals surface area contributed by atoms with Gasteiger partial charge in [-0.15, -0.1) is 0 Å². The molecule has 6 heteroatoms. The Morgan fingerprint density at radius 3 is 2.83 bits per heavy atom. The lowest BCUT2D eigenvalue weighted by Gasteiger charge is -2.26. The minimum absolute atomic E-state index is 0.0654. The number of furan rings is 1. The highest BCUT2D eigenvalue weighted by molar-refractivity contribution is 6.08. The molecule has 1 atom stereocenters. The van der Waals surface area contributed by atoms with Gasteiger partial charge in [0.25, 0.3) is 0 Å². The van der Waals surface area contributed by atoms with Gasteiger partial charge in [-0.3, -0.25) is 9.69 Å². The third-order valence-electron chi connectivity index (χ3n) is 5.99. The smallest absolute Gasteiger partial charge is 0.219 e. The Morgan fingerprint density at radius 2 is 2.07 bits per heavy atom. The fourth-order valence-corrected chi connectivity index (χ4v) is 4.19. The summed E-state index contributed by atoms with van der Waals surface area (Å²) in [7, 11) is 1.61. The van der Waals surface area contributed by atoms with Crippen molar-refractivity contribution in [2.45, 2.75) is 25.2 Å². The summed E-state index contributed by atoms with van der Waals surface area (Å²) in [4.78, 5) is 25.9. The summed E-state index contributed by atoms with van der Waals surface area (Å²) in [5, 5.41) is 5.80. The number of ether oxygens (including phenoxy) is 1. The lowest BCUT2D eigenvalue weighted by atomic mass is 9.92. The number of nitrogens with zero attached hydrogens (tertiary/aromatic N) is 1. The van der Waals surface area contributed by atoms with E-state index in [0.29, 0.717) is 12.8 Å². The number of fused-ring (bicyclic) bond motifs is 3. The summed E-state index contributed by atoms with van der Waals surface area (Å²) >= 11 is 0. The number of hydrogen-bond acceptors (Lipinski definition) is 5. The number of aldehydes is 1. The van der Waals surface area contributed by atoms with Gasteiger partial charge < -0.3 is 19.3 Å². The fraction of sp³-hybridized carbons (Fsp3) is 0.417. The van der Waals surface area contributed by atoms with E-state index in [1.165, 1.54) is 5.56 Å². The quantitative estimate of drug-likeness (QED) is 0.579. The molecule has 1 unspecified atom stereocenters. The van der Waals surface area contributed by atoms with Crippen LogP contribution in [0.1, 0.15) is 29.9 Å². The predicted molar refractivity (Wildman–Crippen MR) is 117 cm³/mol. The Morgan fingerprint density at radius 1 is 1.23 bits per heavy atom. The topological polar surface area (TPSA) is 71.8 Å². The zero-order chi connectivity index (χ0) is 20.9. The van der Waals surface area contributed by atoms with Crippen molar-refractivity contribution in [3.63, 3.8) is 0 Å². The first kappa shape index (κ1) is 20.6. The number of hydrogen-bond donors (Lipinski definition) is 1.